The Morgan fingerprint density at radius 2 is 2.05 bits per heavy atom. The van der Waals surface area contributed by atoms with Crippen LogP contribution in [-0.4, -0.2) is 38.9 Å². The van der Waals surface area contributed by atoms with Crippen LogP contribution in [0.4, 0.5) is 4.39 Å². The first-order valence-electron chi connectivity index (χ1n) is 7.68. The molecule has 1 atom stereocenters. The first kappa shape index (κ1) is 13.4. The third-order valence-corrected chi connectivity index (χ3v) is 4.45. The second-order valence-electron chi connectivity index (χ2n) is 6.07. The zero-order chi connectivity index (χ0) is 15.1. The zero-order valence-electron chi connectivity index (χ0n) is 12.2. The van der Waals surface area contributed by atoms with Crippen molar-refractivity contribution in [3.05, 3.63) is 47.5 Å². The van der Waals surface area contributed by atoms with Gasteiger partial charge in [0, 0.05) is 25.2 Å². The lowest BCUT2D eigenvalue weighted by molar-refractivity contribution is 0.0782. The molecule has 5 nitrogen and oxygen atoms in total. The van der Waals surface area contributed by atoms with Crippen LogP contribution < -0.4 is 0 Å². The first-order chi connectivity index (χ1) is 10.7. The number of halogens is 1. The van der Waals surface area contributed by atoms with E-state index in [2.05, 4.69) is 10.3 Å². The molecular weight excluding hydrogens is 283 g/mol. The molecule has 1 aliphatic carbocycles. The number of rotatable bonds is 3. The molecule has 1 aromatic carbocycles. The second kappa shape index (κ2) is 5.19. The minimum Gasteiger partial charge on any atom is -0.336 e. The third-order valence-electron chi connectivity index (χ3n) is 4.45. The predicted molar refractivity (Wildman–Crippen MR) is 78.0 cm³/mol. The van der Waals surface area contributed by atoms with Gasteiger partial charge in [-0.25, -0.2) is 9.07 Å². The van der Waals surface area contributed by atoms with Crippen LogP contribution in [0.5, 0.6) is 0 Å². The summed E-state index contributed by atoms with van der Waals surface area (Å²) < 4.78 is 15.6. The highest BCUT2D eigenvalue weighted by Crippen LogP contribution is 2.39. The fraction of sp³-hybridized carbons (Fsp3) is 0.438. The van der Waals surface area contributed by atoms with Gasteiger partial charge in [0.25, 0.3) is 5.91 Å². The van der Waals surface area contributed by atoms with E-state index in [-0.39, 0.29) is 17.5 Å². The average Bonchev–Trinajstić information content (AvgIpc) is 3.07. The van der Waals surface area contributed by atoms with Crippen molar-refractivity contribution in [2.45, 2.75) is 31.2 Å². The fourth-order valence-electron chi connectivity index (χ4n) is 2.98. The van der Waals surface area contributed by atoms with Crippen LogP contribution in [0.3, 0.4) is 0 Å². The fourth-order valence-corrected chi connectivity index (χ4v) is 2.98. The summed E-state index contributed by atoms with van der Waals surface area (Å²) in [6.45, 7) is 1.18. The van der Waals surface area contributed by atoms with E-state index >= 15 is 0 Å². The van der Waals surface area contributed by atoms with E-state index in [4.69, 9.17) is 0 Å². The molecule has 0 bridgehead atoms. The van der Waals surface area contributed by atoms with Crippen LogP contribution in [0, 0.1) is 5.82 Å². The van der Waals surface area contributed by atoms with Gasteiger partial charge in [-0.2, -0.15) is 0 Å². The molecular formula is C16H17FN4O. The van der Waals surface area contributed by atoms with Crippen molar-refractivity contribution >= 4 is 5.91 Å². The highest BCUT2D eigenvalue weighted by Gasteiger charge is 2.32. The van der Waals surface area contributed by atoms with Crippen LogP contribution in [0.15, 0.2) is 30.5 Å². The normalized spacial score (nSPS) is 21.3. The molecule has 0 N–H and O–H groups in total. The average molecular weight is 300 g/mol. The van der Waals surface area contributed by atoms with Crippen molar-refractivity contribution in [1.82, 2.24) is 19.9 Å². The molecule has 1 saturated heterocycles. The summed E-state index contributed by atoms with van der Waals surface area (Å²) in [5.41, 5.74) is 1.19. The van der Waals surface area contributed by atoms with Gasteiger partial charge in [0.05, 0.1) is 17.3 Å². The van der Waals surface area contributed by atoms with Crippen molar-refractivity contribution in [3.63, 3.8) is 0 Å². The maximum absolute atomic E-state index is 13.7. The van der Waals surface area contributed by atoms with Gasteiger partial charge < -0.3 is 4.90 Å². The minimum absolute atomic E-state index is 0.135. The van der Waals surface area contributed by atoms with Gasteiger partial charge in [-0.3, -0.25) is 4.79 Å². The summed E-state index contributed by atoms with van der Waals surface area (Å²) >= 11 is 0. The second-order valence-corrected chi connectivity index (χ2v) is 6.07. The van der Waals surface area contributed by atoms with E-state index < -0.39 is 5.82 Å². The molecule has 22 heavy (non-hydrogen) atoms. The number of amides is 1. The first-order valence-corrected chi connectivity index (χ1v) is 7.68. The molecule has 1 saturated carbocycles. The molecule has 2 aromatic rings. The van der Waals surface area contributed by atoms with E-state index in [0.29, 0.717) is 19.0 Å². The summed E-state index contributed by atoms with van der Waals surface area (Å²) in [7, 11) is 0. The predicted octanol–water partition coefficient (Wildman–Crippen LogP) is 2.38. The lowest BCUT2D eigenvalue weighted by Gasteiger charge is -2.16. The Labute approximate surface area is 127 Å². The number of nitrogens with zero attached hydrogens (tertiary/aromatic N) is 4. The van der Waals surface area contributed by atoms with Crippen molar-refractivity contribution in [3.8, 4) is 0 Å². The van der Waals surface area contributed by atoms with Crippen LogP contribution in [-0.2, 0) is 0 Å². The number of carbonyl (C=O) groups is 1. The maximum Gasteiger partial charge on any atom is 0.256 e. The third kappa shape index (κ3) is 2.38. The Morgan fingerprint density at radius 3 is 2.82 bits per heavy atom. The summed E-state index contributed by atoms with van der Waals surface area (Å²) in [5, 5.41) is 8.41. The van der Waals surface area contributed by atoms with E-state index in [9.17, 15) is 9.18 Å². The summed E-state index contributed by atoms with van der Waals surface area (Å²) in [4.78, 5) is 14.1. The number of hydrogen-bond acceptors (Lipinski definition) is 3. The highest BCUT2D eigenvalue weighted by molar-refractivity contribution is 5.94. The zero-order valence-corrected chi connectivity index (χ0v) is 12.2. The topological polar surface area (TPSA) is 51.0 Å². The molecule has 2 aliphatic rings. The lowest BCUT2D eigenvalue weighted by atomic mass is 10.2. The molecule has 0 radical (unpaired) electrons. The number of hydrogen-bond donors (Lipinski definition) is 0. The quantitative estimate of drug-likeness (QED) is 0.874. The molecule has 1 unspecified atom stereocenters. The highest BCUT2D eigenvalue weighted by atomic mass is 19.1. The van der Waals surface area contributed by atoms with Gasteiger partial charge in [-0.05, 0) is 31.4 Å². The molecule has 0 spiro atoms. The van der Waals surface area contributed by atoms with Gasteiger partial charge in [0.1, 0.15) is 5.82 Å². The van der Waals surface area contributed by atoms with Crippen LogP contribution in [0.25, 0.3) is 0 Å². The van der Waals surface area contributed by atoms with E-state index in [1.807, 2.05) is 10.9 Å². The smallest absolute Gasteiger partial charge is 0.256 e. The van der Waals surface area contributed by atoms with Crippen molar-refractivity contribution in [2.24, 2.45) is 0 Å². The molecule has 6 heteroatoms. The molecule has 1 aliphatic heterocycles. The number of likely N-dealkylation sites (tertiary alicyclic amines) is 1. The lowest BCUT2D eigenvalue weighted by Crippen LogP contribution is -2.29. The largest absolute Gasteiger partial charge is 0.336 e. The van der Waals surface area contributed by atoms with Crippen LogP contribution in [0.1, 0.15) is 47.3 Å². The molecule has 4 rings (SSSR count). The van der Waals surface area contributed by atoms with Gasteiger partial charge >= 0.3 is 0 Å². The Balaban J connectivity index is 1.47. The standard InChI is InChI=1S/C16H17FN4O/c17-14-4-2-1-3-13(14)16(22)20-8-7-12(9-20)21-10-15(18-19-21)11-5-6-11/h1-4,10-12H,5-9H2. The Morgan fingerprint density at radius 1 is 1.23 bits per heavy atom. The van der Waals surface area contributed by atoms with E-state index in [0.717, 1.165) is 12.1 Å². The van der Waals surface area contributed by atoms with E-state index in [1.54, 1.807) is 17.0 Å². The van der Waals surface area contributed by atoms with Gasteiger partial charge in [-0.15, -0.1) is 5.10 Å². The van der Waals surface area contributed by atoms with Gasteiger partial charge in [0.15, 0.2) is 0 Å². The van der Waals surface area contributed by atoms with Gasteiger partial charge in [0.2, 0.25) is 0 Å². The number of aromatic nitrogens is 3. The van der Waals surface area contributed by atoms with Crippen molar-refractivity contribution in [1.29, 1.82) is 0 Å². The SMILES string of the molecule is O=C(c1ccccc1F)N1CCC(n2cc(C3CC3)nn2)C1. The maximum atomic E-state index is 13.7. The Kier molecular flexibility index (Phi) is 3.17. The molecule has 1 amide bonds. The van der Waals surface area contributed by atoms with Crippen LogP contribution in [0.2, 0.25) is 0 Å². The summed E-state index contributed by atoms with van der Waals surface area (Å²) in [6.07, 6.45) is 5.22. The molecule has 2 fully saturated rings. The molecule has 2 heterocycles. The monoisotopic (exact) mass is 300 g/mol. The number of carbonyl (C=O) groups excluding carboxylic acids is 1. The molecule has 114 valence electrons. The summed E-state index contributed by atoms with van der Waals surface area (Å²) in [6, 6.07) is 6.26. The van der Waals surface area contributed by atoms with Crippen LogP contribution >= 0.6 is 0 Å². The molecule has 1 aromatic heterocycles. The minimum atomic E-state index is -0.465. The van der Waals surface area contributed by atoms with Gasteiger partial charge in [-0.1, -0.05) is 17.3 Å². The Bertz CT molecular complexity index is 710. The van der Waals surface area contributed by atoms with E-state index in [1.165, 1.54) is 25.0 Å². The summed E-state index contributed by atoms with van der Waals surface area (Å²) in [5.74, 6) is -0.137. The van der Waals surface area contributed by atoms with Crippen molar-refractivity contribution in [2.75, 3.05) is 13.1 Å². The Hall–Kier alpha value is -2.24. The van der Waals surface area contributed by atoms with Crippen molar-refractivity contribution < 1.29 is 9.18 Å². The number of benzene rings is 1.